The Kier molecular flexibility index (Phi) is 4.13. The lowest BCUT2D eigenvalue weighted by Crippen LogP contribution is -2.39. The quantitative estimate of drug-likeness (QED) is 0.838. The molecule has 1 aromatic heterocycles. The highest BCUT2D eigenvalue weighted by atomic mass is 35.5. The normalized spacial score (nSPS) is 23.5. The lowest BCUT2D eigenvalue weighted by molar-refractivity contribution is 0.0688. The molecule has 108 valence electrons. The summed E-state index contributed by atoms with van der Waals surface area (Å²) in [5, 5.41) is 7.73. The van der Waals surface area contributed by atoms with Crippen molar-refractivity contribution in [3.63, 3.8) is 0 Å². The lowest BCUT2D eigenvalue weighted by Gasteiger charge is -2.29. The zero-order chi connectivity index (χ0) is 14.1. The summed E-state index contributed by atoms with van der Waals surface area (Å²) in [4.78, 5) is 14.7. The molecule has 0 radical (unpaired) electrons. The SMILES string of the molecule is O=C(c1cc(Cl)nnc1Cl)N1CCCC1C1CCCC1. The fourth-order valence-corrected chi connectivity index (χ4v) is 3.85. The number of aromatic nitrogens is 2. The zero-order valence-corrected chi connectivity index (χ0v) is 12.7. The van der Waals surface area contributed by atoms with Crippen molar-refractivity contribution in [3.05, 3.63) is 21.9 Å². The molecule has 4 nitrogen and oxygen atoms in total. The van der Waals surface area contributed by atoms with Crippen molar-refractivity contribution in [2.45, 2.75) is 44.6 Å². The minimum absolute atomic E-state index is 0.0544. The molecule has 2 heterocycles. The van der Waals surface area contributed by atoms with Crippen LogP contribution < -0.4 is 0 Å². The maximum absolute atomic E-state index is 12.7. The molecule has 0 bridgehead atoms. The first-order valence-electron chi connectivity index (χ1n) is 7.16. The van der Waals surface area contributed by atoms with Gasteiger partial charge in [0, 0.05) is 12.6 Å². The molecule has 0 spiro atoms. The smallest absolute Gasteiger partial charge is 0.257 e. The summed E-state index contributed by atoms with van der Waals surface area (Å²) in [7, 11) is 0. The molecule has 1 amide bonds. The summed E-state index contributed by atoms with van der Waals surface area (Å²) in [5.74, 6) is 0.590. The molecule has 1 saturated carbocycles. The summed E-state index contributed by atoms with van der Waals surface area (Å²) in [6, 6.07) is 1.87. The lowest BCUT2D eigenvalue weighted by atomic mass is 9.96. The highest BCUT2D eigenvalue weighted by molar-refractivity contribution is 6.34. The number of amides is 1. The van der Waals surface area contributed by atoms with Crippen LogP contribution in [0.15, 0.2) is 6.07 Å². The molecule has 2 fully saturated rings. The van der Waals surface area contributed by atoms with Crippen molar-refractivity contribution in [1.82, 2.24) is 15.1 Å². The standard InChI is InChI=1S/C14H17Cl2N3O/c15-12-8-10(13(16)18-17-12)14(20)19-7-3-6-11(19)9-4-1-2-5-9/h8-9,11H,1-7H2. The minimum atomic E-state index is -0.0544. The van der Waals surface area contributed by atoms with E-state index in [9.17, 15) is 4.79 Å². The maximum Gasteiger partial charge on any atom is 0.257 e. The van der Waals surface area contributed by atoms with Crippen LogP contribution in [0.2, 0.25) is 10.3 Å². The van der Waals surface area contributed by atoms with Crippen LogP contribution >= 0.6 is 23.2 Å². The van der Waals surface area contributed by atoms with Gasteiger partial charge < -0.3 is 4.90 Å². The van der Waals surface area contributed by atoms with Gasteiger partial charge in [0.15, 0.2) is 10.3 Å². The molecule has 0 aromatic carbocycles. The third-order valence-electron chi connectivity index (χ3n) is 4.45. The molecule has 2 aliphatic rings. The molecule has 20 heavy (non-hydrogen) atoms. The first-order valence-corrected chi connectivity index (χ1v) is 7.92. The topological polar surface area (TPSA) is 46.1 Å². The number of carbonyl (C=O) groups excluding carboxylic acids is 1. The maximum atomic E-state index is 12.7. The van der Waals surface area contributed by atoms with Crippen LogP contribution in [0.3, 0.4) is 0 Å². The fourth-order valence-electron chi connectivity index (χ4n) is 3.53. The van der Waals surface area contributed by atoms with E-state index in [2.05, 4.69) is 10.2 Å². The summed E-state index contributed by atoms with van der Waals surface area (Å²) in [6.07, 6.45) is 7.20. The number of carbonyl (C=O) groups is 1. The Morgan fingerprint density at radius 3 is 2.65 bits per heavy atom. The van der Waals surface area contributed by atoms with Gasteiger partial charge in [0.1, 0.15) is 0 Å². The van der Waals surface area contributed by atoms with Gasteiger partial charge in [-0.1, -0.05) is 36.0 Å². The van der Waals surface area contributed by atoms with Crippen molar-refractivity contribution in [2.24, 2.45) is 5.92 Å². The molecule has 0 N–H and O–H groups in total. The molecule has 1 aliphatic carbocycles. The van der Waals surface area contributed by atoms with Crippen molar-refractivity contribution >= 4 is 29.1 Å². The van der Waals surface area contributed by atoms with E-state index in [1.807, 2.05) is 4.90 Å². The van der Waals surface area contributed by atoms with Crippen LogP contribution in [-0.4, -0.2) is 33.6 Å². The Labute approximate surface area is 128 Å². The Bertz CT molecular complexity index is 517. The molecule has 1 aliphatic heterocycles. The van der Waals surface area contributed by atoms with Crippen molar-refractivity contribution in [2.75, 3.05) is 6.54 Å². The van der Waals surface area contributed by atoms with Gasteiger partial charge in [0.25, 0.3) is 5.91 Å². The number of hydrogen-bond acceptors (Lipinski definition) is 3. The van der Waals surface area contributed by atoms with Crippen molar-refractivity contribution < 1.29 is 4.79 Å². The Balaban J connectivity index is 1.83. The van der Waals surface area contributed by atoms with Crippen molar-refractivity contribution in [3.8, 4) is 0 Å². The molecular weight excluding hydrogens is 297 g/mol. The van der Waals surface area contributed by atoms with Gasteiger partial charge in [-0.25, -0.2) is 0 Å². The molecule has 1 saturated heterocycles. The van der Waals surface area contributed by atoms with Crippen LogP contribution in [0.1, 0.15) is 48.9 Å². The van der Waals surface area contributed by atoms with Gasteiger partial charge in [-0.05, 0) is 37.7 Å². The largest absolute Gasteiger partial charge is 0.335 e. The van der Waals surface area contributed by atoms with E-state index in [1.165, 1.54) is 31.7 Å². The summed E-state index contributed by atoms with van der Waals surface area (Å²) >= 11 is 11.8. The molecule has 6 heteroatoms. The third kappa shape index (κ3) is 2.63. The Hall–Kier alpha value is -0.870. The summed E-state index contributed by atoms with van der Waals surface area (Å²) in [6.45, 7) is 0.802. The van der Waals surface area contributed by atoms with Crippen molar-refractivity contribution in [1.29, 1.82) is 0 Å². The van der Waals surface area contributed by atoms with E-state index in [0.717, 1.165) is 19.4 Å². The number of rotatable bonds is 2. The molecule has 3 rings (SSSR count). The van der Waals surface area contributed by atoms with Gasteiger partial charge in [-0.2, -0.15) is 0 Å². The number of nitrogens with zero attached hydrogens (tertiary/aromatic N) is 3. The van der Waals surface area contributed by atoms with Gasteiger partial charge in [0.2, 0.25) is 0 Å². The van der Waals surface area contributed by atoms with Crippen LogP contribution in [0, 0.1) is 5.92 Å². The number of halogens is 2. The van der Waals surface area contributed by atoms with E-state index in [4.69, 9.17) is 23.2 Å². The van der Waals surface area contributed by atoms with Crippen LogP contribution in [0.5, 0.6) is 0 Å². The zero-order valence-electron chi connectivity index (χ0n) is 11.2. The van der Waals surface area contributed by atoms with Gasteiger partial charge >= 0.3 is 0 Å². The summed E-state index contributed by atoms with van der Waals surface area (Å²) < 4.78 is 0. The predicted molar refractivity (Wildman–Crippen MR) is 78.1 cm³/mol. The number of hydrogen-bond donors (Lipinski definition) is 0. The predicted octanol–water partition coefficient (Wildman–Crippen LogP) is 3.58. The van der Waals surface area contributed by atoms with Gasteiger partial charge in [0.05, 0.1) is 5.56 Å². The second-order valence-electron chi connectivity index (χ2n) is 5.62. The monoisotopic (exact) mass is 313 g/mol. The third-order valence-corrected chi connectivity index (χ3v) is 4.92. The van der Waals surface area contributed by atoms with E-state index in [0.29, 0.717) is 17.5 Å². The molecule has 1 aromatic rings. The molecular formula is C14H17Cl2N3O. The Morgan fingerprint density at radius 2 is 1.90 bits per heavy atom. The summed E-state index contributed by atoms with van der Waals surface area (Å²) in [5.41, 5.74) is 0.372. The Morgan fingerprint density at radius 1 is 1.15 bits per heavy atom. The second-order valence-corrected chi connectivity index (χ2v) is 6.37. The first-order chi connectivity index (χ1) is 9.66. The van der Waals surface area contributed by atoms with Gasteiger partial charge in [-0.3, -0.25) is 4.79 Å². The van der Waals surface area contributed by atoms with Crippen LogP contribution in [0.25, 0.3) is 0 Å². The van der Waals surface area contributed by atoms with E-state index in [1.54, 1.807) is 0 Å². The van der Waals surface area contributed by atoms with Gasteiger partial charge in [-0.15, -0.1) is 10.2 Å². The van der Waals surface area contributed by atoms with E-state index in [-0.39, 0.29) is 16.2 Å². The average molecular weight is 314 g/mol. The van der Waals surface area contributed by atoms with Crippen LogP contribution in [-0.2, 0) is 0 Å². The first kappa shape index (κ1) is 14.1. The van der Waals surface area contributed by atoms with E-state index >= 15 is 0 Å². The molecule has 1 atom stereocenters. The highest BCUT2D eigenvalue weighted by Crippen LogP contribution is 2.36. The minimum Gasteiger partial charge on any atom is -0.335 e. The fraction of sp³-hybridized carbons (Fsp3) is 0.643. The highest BCUT2D eigenvalue weighted by Gasteiger charge is 2.36. The van der Waals surface area contributed by atoms with Crippen LogP contribution in [0.4, 0.5) is 0 Å². The van der Waals surface area contributed by atoms with E-state index < -0.39 is 0 Å². The second kappa shape index (κ2) is 5.86. The molecule has 1 unspecified atom stereocenters. The number of likely N-dealkylation sites (tertiary alicyclic amines) is 1. The average Bonchev–Trinajstić information content (AvgIpc) is 3.10.